The van der Waals surface area contributed by atoms with Crippen LogP contribution in [0.4, 0.5) is 5.69 Å². The zero-order valence-corrected chi connectivity index (χ0v) is 16.4. The quantitative estimate of drug-likeness (QED) is 0.831. The van der Waals surface area contributed by atoms with Gasteiger partial charge in [-0.2, -0.15) is 0 Å². The lowest BCUT2D eigenvalue weighted by Gasteiger charge is -2.15. The van der Waals surface area contributed by atoms with Crippen molar-refractivity contribution in [2.75, 3.05) is 25.0 Å². The lowest BCUT2D eigenvalue weighted by atomic mass is 10.0. The highest BCUT2D eigenvalue weighted by Gasteiger charge is 2.31. The Kier molecular flexibility index (Phi) is 5.44. The minimum atomic E-state index is -0.226. The molecular formula is C23H27N3O2. The molecule has 2 aliphatic rings. The second-order valence-corrected chi connectivity index (χ2v) is 7.70. The van der Waals surface area contributed by atoms with E-state index in [2.05, 4.69) is 29.3 Å². The van der Waals surface area contributed by atoms with Gasteiger partial charge in [0, 0.05) is 25.3 Å². The van der Waals surface area contributed by atoms with Gasteiger partial charge < -0.3 is 10.2 Å². The van der Waals surface area contributed by atoms with Crippen molar-refractivity contribution in [2.24, 2.45) is 0 Å². The average molecular weight is 377 g/mol. The van der Waals surface area contributed by atoms with Crippen LogP contribution in [0.25, 0.3) is 0 Å². The van der Waals surface area contributed by atoms with Crippen LogP contribution in [0.15, 0.2) is 42.5 Å². The summed E-state index contributed by atoms with van der Waals surface area (Å²) in [6.45, 7) is 6.65. The number of carbonyl (C=O) groups is 2. The molecule has 28 heavy (non-hydrogen) atoms. The van der Waals surface area contributed by atoms with Gasteiger partial charge in [-0.05, 0) is 61.7 Å². The van der Waals surface area contributed by atoms with Gasteiger partial charge in [-0.25, -0.2) is 0 Å². The second-order valence-electron chi connectivity index (χ2n) is 7.70. The molecule has 0 spiro atoms. The van der Waals surface area contributed by atoms with Gasteiger partial charge in [0.05, 0.1) is 11.1 Å². The number of hydrogen-bond acceptors (Lipinski definition) is 3. The van der Waals surface area contributed by atoms with Gasteiger partial charge in [-0.1, -0.05) is 31.2 Å². The van der Waals surface area contributed by atoms with Gasteiger partial charge in [0.25, 0.3) is 11.8 Å². The molecule has 0 aliphatic carbocycles. The smallest absolute Gasteiger partial charge is 0.256 e. The molecule has 2 aromatic rings. The first-order chi connectivity index (χ1) is 13.7. The number of rotatable bonds is 6. The molecule has 0 saturated carbocycles. The Morgan fingerprint density at radius 1 is 1.07 bits per heavy atom. The van der Waals surface area contributed by atoms with Crippen molar-refractivity contribution in [3.8, 4) is 0 Å². The van der Waals surface area contributed by atoms with Gasteiger partial charge in [-0.15, -0.1) is 0 Å². The Balaban J connectivity index is 1.46. The molecule has 5 nitrogen and oxygen atoms in total. The summed E-state index contributed by atoms with van der Waals surface area (Å²) in [7, 11) is 0. The third-order valence-corrected chi connectivity index (χ3v) is 5.57. The van der Waals surface area contributed by atoms with Crippen LogP contribution in [0.5, 0.6) is 0 Å². The number of nitrogens with one attached hydrogen (secondary N) is 1. The van der Waals surface area contributed by atoms with E-state index >= 15 is 0 Å². The van der Waals surface area contributed by atoms with Crippen LogP contribution in [0.3, 0.4) is 0 Å². The summed E-state index contributed by atoms with van der Waals surface area (Å²) in [5, 5.41) is 2.95. The summed E-state index contributed by atoms with van der Waals surface area (Å²) in [4.78, 5) is 29.8. The number of nitrogens with zero attached hydrogens (tertiary/aromatic N) is 2. The van der Waals surface area contributed by atoms with Crippen molar-refractivity contribution in [3.63, 3.8) is 0 Å². The van der Waals surface area contributed by atoms with Crippen LogP contribution in [0, 0.1) is 0 Å². The van der Waals surface area contributed by atoms with Crippen molar-refractivity contribution >= 4 is 17.5 Å². The maximum atomic E-state index is 12.9. The number of carbonyl (C=O) groups excluding carboxylic acids is 2. The summed E-state index contributed by atoms with van der Waals surface area (Å²) in [5.74, 6) is -0.264. The van der Waals surface area contributed by atoms with E-state index in [0.717, 1.165) is 24.2 Å². The summed E-state index contributed by atoms with van der Waals surface area (Å²) < 4.78 is 0. The average Bonchev–Trinajstić information content (AvgIpc) is 3.32. The summed E-state index contributed by atoms with van der Waals surface area (Å²) in [6.07, 6.45) is 3.47. The topological polar surface area (TPSA) is 52.7 Å². The first kappa shape index (κ1) is 18.7. The molecule has 0 unspecified atom stereocenters. The van der Waals surface area contributed by atoms with Crippen molar-refractivity contribution in [1.29, 1.82) is 0 Å². The van der Waals surface area contributed by atoms with E-state index in [1.54, 1.807) is 6.07 Å². The number of amides is 2. The zero-order chi connectivity index (χ0) is 19.5. The lowest BCUT2D eigenvalue weighted by Crippen LogP contribution is -2.26. The Labute approximate surface area is 166 Å². The molecule has 146 valence electrons. The molecular weight excluding hydrogens is 350 g/mol. The molecule has 0 radical (unpaired) electrons. The Morgan fingerprint density at radius 3 is 2.54 bits per heavy atom. The first-order valence-electron chi connectivity index (χ1n) is 10.2. The van der Waals surface area contributed by atoms with E-state index in [4.69, 9.17) is 0 Å². The normalized spacial score (nSPS) is 16.5. The molecule has 1 N–H and O–H groups in total. The van der Waals surface area contributed by atoms with E-state index in [9.17, 15) is 9.59 Å². The van der Waals surface area contributed by atoms with Gasteiger partial charge in [0.15, 0.2) is 0 Å². The van der Waals surface area contributed by atoms with Crippen LogP contribution in [-0.4, -0.2) is 41.2 Å². The highest BCUT2D eigenvalue weighted by Crippen LogP contribution is 2.27. The van der Waals surface area contributed by atoms with Crippen LogP contribution < -0.4 is 5.32 Å². The predicted octanol–water partition coefficient (Wildman–Crippen LogP) is 3.90. The van der Waals surface area contributed by atoms with Crippen LogP contribution >= 0.6 is 0 Å². The van der Waals surface area contributed by atoms with Crippen molar-refractivity contribution in [1.82, 2.24) is 9.80 Å². The van der Waals surface area contributed by atoms with Crippen molar-refractivity contribution < 1.29 is 9.59 Å². The third kappa shape index (κ3) is 3.80. The summed E-state index contributed by atoms with van der Waals surface area (Å²) >= 11 is 0. The molecule has 1 saturated heterocycles. The molecule has 0 aromatic heterocycles. The van der Waals surface area contributed by atoms with Crippen LogP contribution in [-0.2, 0) is 13.1 Å². The summed E-state index contributed by atoms with van der Waals surface area (Å²) in [5.41, 5.74) is 3.96. The standard InChI is InChI=1S/C23H27N3O2/c1-2-12-26-16-18-6-5-7-20(21(18)23(26)28)22(27)24-19-10-8-17(9-11-19)15-25-13-3-4-14-25/h5-11H,2-4,12-16H2,1H3,(H,24,27). The minimum absolute atomic E-state index is 0.0384. The minimum Gasteiger partial charge on any atom is -0.334 e. The van der Waals surface area contributed by atoms with Crippen molar-refractivity contribution in [3.05, 3.63) is 64.7 Å². The Morgan fingerprint density at radius 2 is 1.82 bits per heavy atom. The Hall–Kier alpha value is -2.66. The van der Waals surface area contributed by atoms with E-state index in [1.807, 2.05) is 29.2 Å². The third-order valence-electron chi connectivity index (χ3n) is 5.57. The van der Waals surface area contributed by atoms with Gasteiger partial charge >= 0.3 is 0 Å². The molecule has 2 aliphatic heterocycles. The lowest BCUT2D eigenvalue weighted by molar-refractivity contribution is 0.0774. The SMILES string of the molecule is CCCN1Cc2cccc(C(=O)Nc3ccc(CN4CCCC4)cc3)c2C1=O. The molecule has 1 fully saturated rings. The zero-order valence-electron chi connectivity index (χ0n) is 16.4. The number of benzene rings is 2. The maximum absolute atomic E-state index is 12.9. The number of hydrogen-bond donors (Lipinski definition) is 1. The maximum Gasteiger partial charge on any atom is 0.256 e. The van der Waals surface area contributed by atoms with E-state index < -0.39 is 0 Å². The molecule has 2 aromatic carbocycles. The second kappa shape index (κ2) is 8.15. The van der Waals surface area contributed by atoms with E-state index in [0.29, 0.717) is 24.2 Å². The first-order valence-corrected chi connectivity index (χ1v) is 10.2. The van der Waals surface area contributed by atoms with Gasteiger partial charge in [-0.3, -0.25) is 14.5 Å². The molecule has 0 atom stereocenters. The number of anilines is 1. The fourth-order valence-electron chi connectivity index (χ4n) is 4.15. The molecule has 5 heteroatoms. The van der Waals surface area contributed by atoms with Crippen LogP contribution in [0.2, 0.25) is 0 Å². The van der Waals surface area contributed by atoms with Crippen LogP contribution in [0.1, 0.15) is 58.0 Å². The van der Waals surface area contributed by atoms with E-state index in [1.165, 1.54) is 31.5 Å². The molecule has 2 heterocycles. The van der Waals surface area contributed by atoms with Crippen molar-refractivity contribution in [2.45, 2.75) is 39.3 Å². The molecule has 4 rings (SSSR count). The molecule has 0 bridgehead atoms. The Bertz CT molecular complexity index is 870. The highest BCUT2D eigenvalue weighted by molar-refractivity contribution is 6.13. The molecule has 2 amide bonds. The highest BCUT2D eigenvalue weighted by atomic mass is 16.2. The van der Waals surface area contributed by atoms with Gasteiger partial charge in [0.1, 0.15) is 0 Å². The fourth-order valence-corrected chi connectivity index (χ4v) is 4.15. The largest absolute Gasteiger partial charge is 0.334 e. The monoisotopic (exact) mass is 377 g/mol. The summed E-state index contributed by atoms with van der Waals surface area (Å²) in [6, 6.07) is 13.6. The number of likely N-dealkylation sites (tertiary alicyclic amines) is 1. The fraction of sp³-hybridized carbons (Fsp3) is 0.391. The van der Waals surface area contributed by atoms with E-state index in [-0.39, 0.29) is 11.8 Å². The van der Waals surface area contributed by atoms with Gasteiger partial charge in [0.2, 0.25) is 0 Å². The predicted molar refractivity (Wildman–Crippen MR) is 110 cm³/mol. The number of fused-ring (bicyclic) bond motifs is 1.